The van der Waals surface area contributed by atoms with Crippen molar-refractivity contribution in [2.24, 2.45) is 40.4 Å². The summed E-state index contributed by atoms with van der Waals surface area (Å²) in [6.07, 6.45) is -6.25. The molecule has 0 radical (unpaired) electrons. The first-order valence-electron chi connectivity index (χ1n) is 37.9. The number of aliphatic hydroxyl groups excluding tert-OH is 3. The van der Waals surface area contributed by atoms with Gasteiger partial charge in [-0.2, -0.15) is 5.21 Å². The quantitative estimate of drug-likeness (QED) is 0.0241. The van der Waals surface area contributed by atoms with Gasteiger partial charge in [-0.15, -0.1) is 10.2 Å². The van der Waals surface area contributed by atoms with Crippen LogP contribution in [0.3, 0.4) is 0 Å². The molecule has 1 aromatic heterocycles. The summed E-state index contributed by atoms with van der Waals surface area (Å²) in [4.78, 5) is 167. The van der Waals surface area contributed by atoms with Gasteiger partial charge in [0.2, 0.25) is 35.4 Å². The number of hydrogen-bond donors (Lipinski definition) is 14. The van der Waals surface area contributed by atoms with E-state index in [1.807, 2.05) is 69.3 Å². The lowest BCUT2D eigenvalue weighted by atomic mass is 9.76. The Morgan fingerprint density at radius 3 is 1.86 bits per heavy atom. The van der Waals surface area contributed by atoms with Crippen molar-refractivity contribution < 1.29 is 92.2 Å². The summed E-state index contributed by atoms with van der Waals surface area (Å²) in [5.41, 5.74) is 22.5. The molecule has 0 aliphatic carbocycles. The molecule has 0 spiro atoms. The number of aromatic hydroxyl groups is 1. The molecule has 0 saturated carbocycles. The molecule has 610 valence electrons. The van der Waals surface area contributed by atoms with Crippen LogP contribution >= 0.6 is 0 Å². The number of phenolic OH excluding ortho intramolecular Hbond substituents is 1. The average molecular weight is 1570 g/mol. The van der Waals surface area contributed by atoms with Gasteiger partial charge in [-0.25, -0.2) is 4.39 Å². The van der Waals surface area contributed by atoms with Crippen LogP contribution in [-0.4, -0.2) is 185 Å². The topological polar surface area (TPSA) is 508 Å². The number of aryl methyl sites for hydroxylation is 4. The number of aliphatic carboxylic acids is 1. The fourth-order valence-electron chi connectivity index (χ4n) is 13.3. The number of carbonyl (C=O) groups is 12. The van der Waals surface area contributed by atoms with E-state index in [9.17, 15) is 83.1 Å². The summed E-state index contributed by atoms with van der Waals surface area (Å²) in [6, 6.07) is 21.0. The minimum absolute atomic E-state index is 0.00421. The summed E-state index contributed by atoms with van der Waals surface area (Å²) >= 11 is 0. The van der Waals surface area contributed by atoms with Crippen molar-refractivity contribution in [3.05, 3.63) is 160 Å². The SMILES string of the molecule is CCc1cc(OCCCCN)ccc1-c1ccc(C[C@H](CC(=O)[C@H](CC(=O)O)NC(=O)[C@H](CO)CC(=O)[C@@H](NC(=O)[C@@](C)(CC(=O)[C@@H](NC(=O)CCC(=O)[C@H](Cc2nn[nH]n2)NC(=O)[C@H](C)CC(=O)[C@@H](N)Cc2ccc(O)cc2)[C@@H](C)O)Cc2ccccc2F)[C@@H](C)O)C(=O)N[C@@H](CCCc2cc(C)cc(C)c2)C(N)=O)cc1. The molecule has 0 aliphatic heterocycles. The van der Waals surface area contributed by atoms with Crippen molar-refractivity contribution in [1.82, 2.24) is 47.2 Å². The van der Waals surface area contributed by atoms with Crippen molar-refractivity contribution in [3.63, 3.8) is 0 Å². The maximum absolute atomic E-state index is 15.6. The number of H-pyrrole nitrogens is 1. The Morgan fingerprint density at radius 1 is 0.628 bits per heavy atom. The number of hydrogen-bond acceptors (Lipinski definition) is 22. The van der Waals surface area contributed by atoms with Gasteiger partial charge in [0.15, 0.2) is 34.7 Å². The maximum atomic E-state index is 15.6. The van der Waals surface area contributed by atoms with Crippen LogP contribution in [0.15, 0.2) is 109 Å². The predicted octanol–water partition coefficient (Wildman–Crippen LogP) is 3.83. The first-order valence-corrected chi connectivity index (χ1v) is 37.9. The van der Waals surface area contributed by atoms with Crippen molar-refractivity contribution in [2.75, 3.05) is 19.8 Å². The van der Waals surface area contributed by atoms with E-state index in [0.717, 1.165) is 66.1 Å². The Labute approximate surface area is 655 Å². The van der Waals surface area contributed by atoms with Gasteiger partial charge in [0.25, 0.3) is 0 Å². The van der Waals surface area contributed by atoms with Crippen LogP contribution in [0, 0.1) is 42.8 Å². The van der Waals surface area contributed by atoms with Gasteiger partial charge in [0.1, 0.15) is 35.4 Å². The number of ketones is 5. The number of Topliss-reactive ketones (excluding diaryl/α,β-unsaturated/α-hetero) is 5. The zero-order chi connectivity index (χ0) is 83.2. The van der Waals surface area contributed by atoms with Crippen LogP contribution in [0.2, 0.25) is 0 Å². The highest BCUT2D eigenvalue weighted by Crippen LogP contribution is 2.33. The number of aromatic nitrogens is 4. The third-order valence-corrected chi connectivity index (χ3v) is 19.7. The van der Waals surface area contributed by atoms with Crippen molar-refractivity contribution in [1.29, 1.82) is 0 Å². The van der Waals surface area contributed by atoms with Crippen LogP contribution in [0.4, 0.5) is 4.39 Å². The Bertz CT molecular complexity index is 4240. The molecule has 31 heteroatoms. The number of nitrogens with zero attached hydrogens (tertiary/aromatic N) is 3. The van der Waals surface area contributed by atoms with Crippen LogP contribution in [0.25, 0.3) is 11.1 Å². The van der Waals surface area contributed by atoms with Gasteiger partial charge >= 0.3 is 5.97 Å². The van der Waals surface area contributed by atoms with E-state index >= 15 is 4.39 Å². The number of benzene rings is 5. The summed E-state index contributed by atoms with van der Waals surface area (Å²) in [5.74, 6) is -15.8. The number of aliphatic hydroxyl groups is 3. The van der Waals surface area contributed by atoms with Crippen molar-refractivity contribution in [2.45, 2.75) is 206 Å². The van der Waals surface area contributed by atoms with E-state index in [1.165, 1.54) is 44.2 Å². The van der Waals surface area contributed by atoms with Gasteiger partial charge in [0.05, 0.1) is 61.3 Å². The van der Waals surface area contributed by atoms with E-state index in [4.69, 9.17) is 21.9 Å². The summed E-state index contributed by atoms with van der Waals surface area (Å²) in [5, 5.41) is 78.5. The molecule has 0 unspecified atom stereocenters. The maximum Gasteiger partial charge on any atom is 0.305 e. The third-order valence-electron chi connectivity index (χ3n) is 19.7. The molecule has 1 heterocycles. The van der Waals surface area contributed by atoms with Crippen LogP contribution < -0.4 is 48.5 Å². The number of tetrazole rings is 1. The van der Waals surface area contributed by atoms with E-state index in [2.05, 4.69) is 47.2 Å². The van der Waals surface area contributed by atoms with E-state index in [-0.39, 0.29) is 49.2 Å². The number of halogens is 1. The monoisotopic (exact) mass is 1570 g/mol. The molecule has 0 bridgehead atoms. The second-order valence-corrected chi connectivity index (χ2v) is 29.4. The number of carbonyl (C=O) groups excluding carboxylic acids is 11. The summed E-state index contributed by atoms with van der Waals surface area (Å²) < 4.78 is 21.5. The lowest BCUT2D eigenvalue weighted by molar-refractivity contribution is -0.142. The van der Waals surface area contributed by atoms with Crippen molar-refractivity contribution in [3.8, 4) is 22.6 Å². The Balaban J connectivity index is 1.16. The molecule has 17 N–H and O–H groups in total. The number of nitrogens with one attached hydrogen (secondary N) is 6. The Hall–Kier alpha value is -10.9. The predicted molar refractivity (Wildman–Crippen MR) is 414 cm³/mol. The number of ether oxygens (including phenoxy) is 1. The number of amides is 6. The number of carboxylic acids is 1. The van der Waals surface area contributed by atoms with Crippen LogP contribution in [-0.2, 0) is 96.1 Å². The lowest BCUT2D eigenvalue weighted by Gasteiger charge is -2.33. The van der Waals surface area contributed by atoms with Gasteiger partial charge in [0, 0.05) is 56.8 Å². The zero-order valence-electron chi connectivity index (χ0n) is 64.9. The van der Waals surface area contributed by atoms with Crippen molar-refractivity contribution >= 4 is 70.3 Å². The summed E-state index contributed by atoms with van der Waals surface area (Å²) in [6.45, 7) is 10.7. The number of nitrogens with two attached hydrogens (primary N) is 3. The lowest BCUT2D eigenvalue weighted by Crippen LogP contribution is -2.55. The largest absolute Gasteiger partial charge is 0.508 e. The van der Waals surface area contributed by atoms with E-state index < -0.39 is 199 Å². The molecule has 5 aromatic carbocycles. The minimum atomic E-state index is -2.11. The molecule has 6 amide bonds. The number of aromatic amines is 1. The van der Waals surface area contributed by atoms with Gasteiger partial charge < -0.3 is 74.1 Å². The second kappa shape index (κ2) is 44.4. The van der Waals surface area contributed by atoms with Gasteiger partial charge in [-0.05, 0) is 161 Å². The fraction of sp³-hybridized carbons (Fsp3) is 0.476. The number of rotatable bonds is 50. The second-order valence-electron chi connectivity index (χ2n) is 29.4. The standard InChI is InChI=1S/C82H107FN12O18/c1-8-54-38-60(113-31-12-11-30-84)26-27-61(54)55-22-18-51(19-23-55)36-57(79(110)87-64(77(86)108)17-13-14-53-33-46(2)32-47(3)34-53)39-69(102)66(42-74(106)107)89-80(111)58(45-96)40-70(103)75(49(5)97)91-81(112)82(7,43-56-15-9-10-16-62(56)83)44-71(104)76(50(6)98)90-73(105)29-28-67(100)65(41-72-92-94-95-93-72)88-78(109)48(4)35-68(101)63(85)37-52-20-24-59(99)25-21-52/h9-10,15-16,18-27,32-34,38,48-50,57-58,63-66,75-76,96-99H,8,11-14,17,28-31,35-37,39-45,84-85H2,1-7H3,(H2,86,108)(H,87,110)(H,88,109)(H,89,111)(H,90,105)(H,91,112)(H,106,107)(H,92,93,94,95)/t48-,49-,50-,57-,58+,63+,64+,65+,66+,75+,76+,82-/m1/s1. The number of primary amides is 1. The molecule has 12 atom stereocenters. The number of unbranched alkanes of at least 4 members (excludes halogenated alkanes) is 1. The highest BCUT2D eigenvalue weighted by Gasteiger charge is 2.43. The first-order chi connectivity index (χ1) is 53.6. The van der Waals surface area contributed by atoms with Gasteiger partial charge in [-0.1, -0.05) is 116 Å². The molecule has 6 aromatic rings. The third kappa shape index (κ3) is 29.0. The van der Waals surface area contributed by atoms with E-state index in [0.29, 0.717) is 49.3 Å². The molecule has 6 rings (SSSR count). The molecular formula is C82H107FN12O18. The molecule has 0 saturated heterocycles. The van der Waals surface area contributed by atoms with Gasteiger partial charge in [-0.3, -0.25) is 57.5 Å². The smallest absolute Gasteiger partial charge is 0.305 e. The van der Waals surface area contributed by atoms with Crippen LogP contribution in [0.1, 0.15) is 150 Å². The zero-order valence-corrected chi connectivity index (χ0v) is 64.9. The molecule has 113 heavy (non-hydrogen) atoms. The minimum Gasteiger partial charge on any atom is -0.508 e. The Morgan fingerprint density at radius 2 is 1.25 bits per heavy atom. The molecular weight excluding hydrogens is 1460 g/mol. The Kier molecular flexibility index (Phi) is 35.8. The number of carboxylic acid groups (broad SMARTS) is 1. The highest BCUT2D eigenvalue weighted by molar-refractivity contribution is 6.00. The van der Waals surface area contributed by atoms with Crippen LogP contribution in [0.5, 0.6) is 11.5 Å². The molecule has 0 aliphatic rings. The fourth-order valence-corrected chi connectivity index (χ4v) is 13.3. The number of phenols is 1. The molecule has 30 nitrogen and oxygen atoms in total. The average Bonchev–Trinajstić information content (AvgIpc) is 1.23. The summed E-state index contributed by atoms with van der Waals surface area (Å²) in [7, 11) is 0. The first kappa shape index (κ1) is 91.0. The highest BCUT2D eigenvalue weighted by atomic mass is 19.1. The van der Waals surface area contributed by atoms with E-state index in [1.54, 1.807) is 24.3 Å². The normalized spacial score (nSPS) is 14.8. The molecule has 0 fully saturated rings.